The fraction of sp³-hybridized carbons (Fsp3) is 0.333. The molecule has 1 unspecified atom stereocenters. The van der Waals surface area contributed by atoms with Gasteiger partial charge >= 0.3 is 18.1 Å². The van der Waals surface area contributed by atoms with Crippen LogP contribution in [-0.4, -0.2) is 29.7 Å². The Morgan fingerprint density at radius 3 is 2.10 bits per heavy atom. The molecule has 0 fully saturated rings. The Kier molecular flexibility index (Phi) is 4.36. The predicted octanol–water partition coefficient (Wildman–Crippen LogP) is 1.85. The number of hydrogen-bond donors (Lipinski definition) is 2. The van der Waals surface area contributed by atoms with Crippen molar-refractivity contribution in [2.45, 2.75) is 18.5 Å². The average Bonchev–Trinajstić information content (AvgIpc) is 2.34. The third-order valence-corrected chi connectivity index (χ3v) is 2.81. The monoisotopic (exact) mass is 293 g/mol. The Bertz CT molecular complexity index is 512. The fourth-order valence-electron chi connectivity index (χ4n) is 1.48. The number of carboxylic acid groups (broad SMARTS) is 1. The lowest BCUT2D eigenvalue weighted by Gasteiger charge is -2.26. The van der Waals surface area contributed by atoms with E-state index in [1.54, 1.807) is 0 Å². The van der Waals surface area contributed by atoms with E-state index < -0.39 is 35.8 Å². The molecule has 1 rings (SSSR count). The van der Waals surface area contributed by atoms with Crippen LogP contribution in [0, 0.1) is 5.82 Å². The molecule has 0 aromatic heterocycles. The second-order valence-electron chi connectivity index (χ2n) is 4.32. The van der Waals surface area contributed by atoms with Gasteiger partial charge in [0.25, 0.3) is 0 Å². The van der Waals surface area contributed by atoms with Crippen LogP contribution < -0.4 is 5.32 Å². The zero-order valence-corrected chi connectivity index (χ0v) is 10.3. The van der Waals surface area contributed by atoms with Gasteiger partial charge in [0.15, 0.2) is 0 Å². The highest BCUT2D eigenvalue weighted by Crippen LogP contribution is 2.24. The lowest BCUT2D eigenvalue weighted by molar-refractivity contribution is -0.174. The number of rotatable bonds is 4. The fourth-order valence-corrected chi connectivity index (χ4v) is 1.48. The van der Waals surface area contributed by atoms with Crippen molar-refractivity contribution in [1.82, 2.24) is 5.32 Å². The summed E-state index contributed by atoms with van der Waals surface area (Å²) in [7, 11) is 0. The molecule has 1 aromatic carbocycles. The highest BCUT2D eigenvalue weighted by atomic mass is 19.4. The second kappa shape index (κ2) is 5.48. The number of hydrogen-bond acceptors (Lipinski definition) is 2. The summed E-state index contributed by atoms with van der Waals surface area (Å²) < 4.78 is 49.0. The van der Waals surface area contributed by atoms with Crippen LogP contribution in [0.5, 0.6) is 0 Å². The van der Waals surface area contributed by atoms with Crippen LogP contribution in [0.1, 0.15) is 12.5 Å². The van der Waals surface area contributed by atoms with Gasteiger partial charge in [-0.2, -0.15) is 13.2 Å². The van der Waals surface area contributed by atoms with Gasteiger partial charge in [0.05, 0.1) is 0 Å². The molecule has 0 bridgehead atoms. The summed E-state index contributed by atoms with van der Waals surface area (Å²) in [4.78, 5) is 22.0. The molecule has 4 nitrogen and oxygen atoms in total. The molecule has 8 heteroatoms. The van der Waals surface area contributed by atoms with Gasteiger partial charge in [-0.05, 0) is 24.6 Å². The zero-order valence-electron chi connectivity index (χ0n) is 10.3. The van der Waals surface area contributed by atoms with E-state index in [1.165, 1.54) is 5.32 Å². The van der Waals surface area contributed by atoms with Crippen molar-refractivity contribution in [2.24, 2.45) is 0 Å². The molecule has 0 aliphatic heterocycles. The molecule has 0 spiro atoms. The minimum absolute atomic E-state index is 0.0777. The number of carbonyl (C=O) groups excluding carboxylic acids is 1. The van der Waals surface area contributed by atoms with E-state index in [1.807, 2.05) is 0 Å². The van der Waals surface area contributed by atoms with Gasteiger partial charge in [-0.25, -0.2) is 4.39 Å². The van der Waals surface area contributed by atoms with Crippen molar-refractivity contribution in [3.63, 3.8) is 0 Å². The van der Waals surface area contributed by atoms with Gasteiger partial charge in [0, 0.05) is 6.54 Å². The first kappa shape index (κ1) is 15.9. The van der Waals surface area contributed by atoms with Crippen molar-refractivity contribution < 1.29 is 32.3 Å². The summed E-state index contributed by atoms with van der Waals surface area (Å²) in [5.74, 6) is -4.28. The molecule has 1 aromatic rings. The Morgan fingerprint density at radius 1 is 1.20 bits per heavy atom. The quantitative estimate of drug-likeness (QED) is 0.833. The van der Waals surface area contributed by atoms with Crippen LogP contribution in [0.3, 0.4) is 0 Å². The summed E-state index contributed by atoms with van der Waals surface area (Å²) in [6.07, 6.45) is -5.10. The van der Waals surface area contributed by atoms with Crippen LogP contribution in [-0.2, 0) is 15.0 Å². The zero-order chi connectivity index (χ0) is 15.6. The van der Waals surface area contributed by atoms with Gasteiger partial charge in [0.1, 0.15) is 11.2 Å². The lowest BCUT2D eigenvalue weighted by atomic mass is 9.82. The van der Waals surface area contributed by atoms with Crippen LogP contribution >= 0.6 is 0 Å². The van der Waals surface area contributed by atoms with E-state index >= 15 is 0 Å². The number of nitrogens with one attached hydrogen (secondary N) is 1. The summed E-state index contributed by atoms with van der Waals surface area (Å²) in [5.41, 5.74) is -1.72. The Balaban J connectivity index is 2.96. The van der Waals surface area contributed by atoms with Gasteiger partial charge in [0.2, 0.25) is 0 Å². The Hall–Kier alpha value is -2.12. The highest BCUT2D eigenvalue weighted by Gasteiger charge is 2.42. The van der Waals surface area contributed by atoms with Gasteiger partial charge in [-0.3, -0.25) is 9.59 Å². The van der Waals surface area contributed by atoms with E-state index in [0.717, 1.165) is 31.2 Å². The topological polar surface area (TPSA) is 66.4 Å². The summed E-state index contributed by atoms with van der Waals surface area (Å²) in [6.45, 7) is 0.367. The first-order valence-electron chi connectivity index (χ1n) is 5.42. The average molecular weight is 293 g/mol. The minimum atomic E-state index is -5.10. The van der Waals surface area contributed by atoms with E-state index in [-0.39, 0.29) is 5.56 Å². The molecule has 0 radical (unpaired) electrons. The molecular formula is C12H11F4NO3. The van der Waals surface area contributed by atoms with E-state index in [4.69, 9.17) is 5.11 Å². The molecule has 0 saturated carbocycles. The van der Waals surface area contributed by atoms with Crippen molar-refractivity contribution in [3.8, 4) is 0 Å². The van der Waals surface area contributed by atoms with Gasteiger partial charge in [-0.1, -0.05) is 12.1 Å². The number of carboxylic acids is 1. The van der Waals surface area contributed by atoms with Gasteiger partial charge in [-0.15, -0.1) is 0 Å². The number of aliphatic carboxylic acids is 1. The smallest absolute Gasteiger partial charge is 0.471 e. The largest absolute Gasteiger partial charge is 0.481 e. The van der Waals surface area contributed by atoms with Crippen molar-refractivity contribution in [2.75, 3.05) is 6.54 Å². The van der Waals surface area contributed by atoms with Crippen molar-refractivity contribution >= 4 is 11.9 Å². The summed E-state index contributed by atoms with van der Waals surface area (Å²) in [5, 5.41) is 10.7. The maximum atomic E-state index is 12.8. The molecule has 110 valence electrons. The Labute approximate surface area is 111 Å². The standard InChI is InChI=1S/C12H11F4NO3/c1-11(10(19)20,6-17-9(18)12(14,15)16)7-2-4-8(13)5-3-7/h2-5H,6H2,1H3,(H,17,18)(H,19,20). The van der Waals surface area contributed by atoms with Crippen LogP contribution in [0.2, 0.25) is 0 Å². The molecule has 0 aliphatic rings. The predicted molar refractivity (Wildman–Crippen MR) is 60.5 cm³/mol. The second-order valence-corrected chi connectivity index (χ2v) is 4.32. The SMILES string of the molecule is CC(CNC(=O)C(F)(F)F)(C(=O)O)c1ccc(F)cc1. The maximum absolute atomic E-state index is 12.8. The summed E-state index contributed by atoms with van der Waals surface area (Å²) >= 11 is 0. The van der Waals surface area contributed by atoms with Gasteiger partial charge < -0.3 is 10.4 Å². The molecule has 2 N–H and O–H groups in total. The van der Waals surface area contributed by atoms with Crippen molar-refractivity contribution in [1.29, 1.82) is 0 Å². The molecule has 1 amide bonds. The molecule has 0 saturated heterocycles. The molecule has 1 atom stereocenters. The van der Waals surface area contributed by atoms with E-state index in [0.29, 0.717) is 0 Å². The van der Waals surface area contributed by atoms with Crippen LogP contribution in [0.25, 0.3) is 0 Å². The Morgan fingerprint density at radius 2 is 1.70 bits per heavy atom. The molecule has 0 heterocycles. The van der Waals surface area contributed by atoms with Crippen LogP contribution in [0.15, 0.2) is 24.3 Å². The highest BCUT2D eigenvalue weighted by molar-refractivity contribution is 5.85. The first-order chi connectivity index (χ1) is 9.07. The minimum Gasteiger partial charge on any atom is -0.481 e. The molecule has 20 heavy (non-hydrogen) atoms. The number of benzene rings is 1. The van der Waals surface area contributed by atoms with Crippen molar-refractivity contribution in [3.05, 3.63) is 35.6 Å². The lowest BCUT2D eigenvalue weighted by Crippen LogP contribution is -2.47. The third kappa shape index (κ3) is 3.46. The molecule has 0 aliphatic carbocycles. The van der Waals surface area contributed by atoms with E-state index in [9.17, 15) is 27.2 Å². The maximum Gasteiger partial charge on any atom is 0.471 e. The summed E-state index contributed by atoms with van der Waals surface area (Å²) in [6, 6.07) is 4.26. The number of carbonyl (C=O) groups is 2. The number of amides is 1. The number of halogens is 4. The number of alkyl halides is 3. The normalized spacial score (nSPS) is 14.4. The first-order valence-corrected chi connectivity index (χ1v) is 5.42. The van der Waals surface area contributed by atoms with E-state index in [2.05, 4.69) is 0 Å². The third-order valence-electron chi connectivity index (χ3n) is 2.81. The molecular weight excluding hydrogens is 282 g/mol. The van der Waals surface area contributed by atoms with Crippen LogP contribution in [0.4, 0.5) is 17.6 Å².